The van der Waals surface area contributed by atoms with Crippen LogP contribution in [0.1, 0.15) is 40.7 Å². The van der Waals surface area contributed by atoms with Gasteiger partial charge in [-0.05, 0) is 73.6 Å². The van der Waals surface area contributed by atoms with Gasteiger partial charge >= 0.3 is 0 Å². The SMILES string of the molecule is O=C(Nc1ccc2c(c1)CCC2)c1ccc(Cl)c(S(=O)(=O)N2CCCC2)c1. The maximum Gasteiger partial charge on any atom is 0.255 e. The van der Waals surface area contributed by atoms with Gasteiger partial charge in [0.25, 0.3) is 5.91 Å². The summed E-state index contributed by atoms with van der Waals surface area (Å²) in [5.41, 5.74) is 3.59. The Hall–Kier alpha value is -1.89. The molecule has 7 heteroatoms. The molecule has 1 aliphatic heterocycles. The van der Waals surface area contributed by atoms with Crippen LogP contribution < -0.4 is 5.32 Å². The van der Waals surface area contributed by atoms with E-state index in [0.717, 1.165) is 37.8 Å². The molecule has 142 valence electrons. The highest BCUT2D eigenvalue weighted by Crippen LogP contribution is 2.29. The van der Waals surface area contributed by atoms with Crippen molar-refractivity contribution in [2.24, 2.45) is 0 Å². The maximum absolute atomic E-state index is 12.8. The smallest absolute Gasteiger partial charge is 0.255 e. The summed E-state index contributed by atoms with van der Waals surface area (Å²) in [5, 5.41) is 3.00. The predicted octanol–water partition coefficient (Wildman–Crippen LogP) is 3.87. The van der Waals surface area contributed by atoms with Gasteiger partial charge in [0.05, 0.1) is 5.02 Å². The van der Waals surface area contributed by atoms with Crippen molar-refractivity contribution in [3.8, 4) is 0 Å². The fourth-order valence-corrected chi connectivity index (χ4v) is 5.78. The van der Waals surface area contributed by atoms with E-state index < -0.39 is 10.0 Å². The zero-order valence-electron chi connectivity index (χ0n) is 14.9. The molecule has 1 amide bonds. The van der Waals surface area contributed by atoms with E-state index in [4.69, 9.17) is 11.6 Å². The lowest BCUT2D eigenvalue weighted by Crippen LogP contribution is -2.28. The lowest BCUT2D eigenvalue weighted by Gasteiger charge is -2.17. The molecular weight excluding hydrogens is 384 g/mol. The molecule has 1 saturated heterocycles. The minimum Gasteiger partial charge on any atom is -0.322 e. The number of hydrogen-bond donors (Lipinski definition) is 1. The molecule has 0 radical (unpaired) electrons. The molecule has 0 atom stereocenters. The van der Waals surface area contributed by atoms with Crippen LogP contribution in [0.3, 0.4) is 0 Å². The molecular formula is C20H21ClN2O3S. The van der Waals surface area contributed by atoms with E-state index in [-0.39, 0.29) is 21.4 Å². The Morgan fingerprint density at radius 3 is 2.48 bits per heavy atom. The van der Waals surface area contributed by atoms with Gasteiger partial charge in [0.2, 0.25) is 10.0 Å². The molecule has 1 aliphatic carbocycles. The van der Waals surface area contributed by atoms with Crippen LogP contribution in [-0.2, 0) is 22.9 Å². The van der Waals surface area contributed by atoms with Crippen molar-refractivity contribution >= 4 is 33.2 Å². The number of hydrogen-bond acceptors (Lipinski definition) is 3. The fraction of sp³-hybridized carbons (Fsp3) is 0.350. The van der Waals surface area contributed by atoms with Crippen molar-refractivity contribution in [2.75, 3.05) is 18.4 Å². The standard InChI is InChI=1S/C20H21ClN2O3S/c21-18-9-7-16(13-19(18)27(25,26)23-10-1-2-11-23)20(24)22-17-8-6-14-4-3-5-15(14)12-17/h6-9,12-13H,1-5,10-11H2,(H,22,24). The molecule has 5 nitrogen and oxygen atoms in total. The number of aryl methyl sites for hydroxylation is 2. The number of halogens is 1. The quantitative estimate of drug-likeness (QED) is 0.841. The number of anilines is 1. The lowest BCUT2D eigenvalue weighted by atomic mass is 10.1. The molecule has 1 N–H and O–H groups in total. The van der Waals surface area contributed by atoms with Crippen molar-refractivity contribution in [3.63, 3.8) is 0 Å². The highest BCUT2D eigenvalue weighted by atomic mass is 35.5. The van der Waals surface area contributed by atoms with Crippen molar-refractivity contribution < 1.29 is 13.2 Å². The van der Waals surface area contributed by atoms with E-state index in [0.29, 0.717) is 13.1 Å². The molecule has 0 bridgehead atoms. The molecule has 0 spiro atoms. The van der Waals surface area contributed by atoms with Crippen LogP contribution >= 0.6 is 11.6 Å². The molecule has 0 unspecified atom stereocenters. The molecule has 0 saturated carbocycles. The molecule has 0 aromatic heterocycles. The third-order valence-electron chi connectivity index (χ3n) is 5.23. The van der Waals surface area contributed by atoms with Crippen molar-refractivity contribution in [2.45, 2.75) is 37.0 Å². The second-order valence-corrected chi connectivity index (χ2v) is 9.36. The van der Waals surface area contributed by atoms with Crippen LogP contribution in [0.4, 0.5) is 5.69 Å². The van der Waals surface area contributed by atoms with Gasteiger partial charge in [-0.3, -0.25) is 4.79 Å². The van der Waals surface area contributed by atoms with Gasteiger partial charge in [0, 0.05) is 24.3 Å². The minimum atomic E-state index is -3.68. The summed E-state index contributed by atoms with van der Waals surface area (Å²) >= 11 is 6.15. The van der Waals surface area contributed by atoms with Crippen molar-refractivity contribution in [1.29, 1.82) is 0 Å². The van der Waals surface area contributed by atoms with E-state index in [2.05, 4.69) is 5.32 Å². The molecule has 2 aromatic rings. The Bertz CT molecular complexity index is 998. The van der Waals surface area contributed by atoms with Gasteiger partial charge in [-0.15, -0.1) is 0 Å². The van der Waals surface area contributed by atoms with Crippen LogP contribution in [-0.4, -0.2) is 31.7 Å². The molecule has 2 aliphatic rings. The highest BCUT2D eigenvalue weighted by Gasteiger charge is 2.29. The Labute approximate surface area is 164 Å². The van der Waals surface area contributed by atoms with Crippen LogP contribution in [0.15, 0.2) is 41.3 Å². The summed E-state index contributed by atoms with van der Waals surface area (Å²) in [6.07, 6.45) is 4.93. The summed E-state index contributed by atoms with van der Waals surface area (Å²) in [6, 6.07) is 10.3. The number of benzene rings is 2. The number of carbonyl (C=O) groups is 1. The molecule has 1 fully saturated rings. The van der Waals surface area contributed by atoms with Crippen molar-refractivity contribution in [1.82, 2.24) is 4.31 Å². The molecule has 2 aromatic carbocycles. The number of sulfonamides is 1. The minimum absolute atomic E-state index is 0.00679. The molecule has 4 rings (SSSR count). The highest BCUT2D eigenvalue weighted by molar-refractivity contribution is 7.89. The first-order chi connectivity index (χ1) is 12.9. The van der Waals surface area contributed by atoms with Crippen LogP contribution in [0, 0.1) is 0 Å². The third-order valence-corrected chi connectivity index (χ3v) is 7.61. The summed E-state index contributed by atoms with van der Waals surface area (Å²) in [6.45, 7) is 0.981. The molecule has 27 heavy (non-hydrogen) atoms. The first-order valence-electron chi connectivity index (χ1n) is 9.18. The van der Waals surface area contributed by atoms with E-state index in [1.165, 1.54) is 27.6 Å². The summed E-state index contributed by atoms with van der Waals surface area (Å²) < 4.78 is 27.1. The van der Waals surface area contributed by atoms with E-state index in [1.807, 2.05) is 18.2 Å². The Balaban J connectivity index is 1.59. The van der Waals surface area contributed by atoms with Crippen molar-refractivity contribution in [3.05, 3.63) is 58.1 Å². The van der Waals surface area contributed by atoms with Crippen LogP contribution in [0.25, 0.3) is 0 Å². The maximum atomic E-state index is 12.8. The van der Waals surface area contributed by atoms with Gasteiger partial charge in [0.15, 0.2) is 0 Å². The third kappa shape index (κ3) is 3.61. The number of nitrogens with zero attached hydrogens (tertiary/aromatic N) is 1. The summed E-state index contributed by atoms with van der Waals surface area (Å²) in [5.74, 6) is -0.345. The Morgan fingerprint density at radius 2 is 1.70 bits per heavy atom. The van der Waals surface area contributed by atoms with Gasteiger partial charge < -0.3 is 5.32 Å². The van der Waals surface area contributed by atoms with Gasteiger partial charge in [-0.2, -0.15) is 4.31 Å². The Morgan fingerprint density at radius 1 is 0.963 bits per heavy atom. The fourth-order valence-electron chi connectivity index (χ4n) is 3.76. The second-order valence-electron chi connectivity index (χ2n) is 7.05. The van der Waals surface area contributed by atoms with E-state index >= 15 is 0 Å². The van der Waals surface area contributed by atoms with E-state index in [1.54, 1.807) is 6.07 Å². The first kappa shape index (κ1) is 18.5. The number of amides is 1. The molecule has 1 heterocycles. The second kappa shape index (κ2) is 7.26. The number of nitrogens with one attached hydrogen (secondary N) is 1. The van der Waals surface area contributed by atoms with Gasteiger partial charge in [-0.1, -0.05) is 17.7 Å². The van der Waals surface area contributed by atoms with E-state index in [9.17, 15) is 13.2 Å². The van der Waals surface area contributed by atoms with Crippen LogP contribution in [0.5, 0.6) is 0 Å². The van der Waals surface area contributed by atoms with Crippen LogP contribution in [0.2, 0.25) is 5.02 Å². The Kier molecular flexibility index (Phi) is 4.97. The number of fused-ring (bicyclic) bond motifs is 1. The zero-order valence-corrected chi connectivity index (χ0v) is 16.4. The summed E-state index contributed by atoms with van der Waals surface area (Å²) in [7, 11) is -3.68. The summed E-state index contributed by atoms with van der Waals surface area (Å²) in [4.78, 5) is 12.7. The van der Waals surface area contributed by atoms with Gasteiger partial charge in [0.1, 0.15) is 4.90 Å². The average molecular weight is 405 g/mol. The largest absolute Gasteiger partial charge is 0.322 e. The zero-order chi connectivity index (χ0) is 19.0. The normalized spacial score (nSPS) is 17.1. The predicted molar refractivity (Wildman–Crippen MR) is 106 cm³/mol. The first-order valence-corrected chi connectivity index (χ1v) is 11.0. The monoisotopic (exact) mass is 404 g/mol. The lowest BCUT2D eigenvalue weighted by molar-refractivity contribution is 0.102. The van der Waals surface area contributed by atoms with Gasteiger partial charge in [-0.25, -0.2) is 8.42 Å². The number of carbonyl (C=O) groups excluding carboxylic acids is 1. The average Bonchev–Trinajstić information content (AvgIpc) is 3.33. The topological polar surface area (TPSA) is 66.5 Å². The number of rotatable bonds is 4.